The van der Waals surface area contributed by atoms with E-state index >= 15 is 0 Å². The molecule has 1 aromatic carbocycles. The topological polar surface area (TPSA) is 84.0 Å². The number of carbonyl (C=O) groups excluding carboxylic acids is 1. The predicted octanol–water partition coefficient (Wildman–Crippen LogP) is 3.19. The Hall–Kier alpha value is -2.37. The van der Waals surface area contributed by atoms with Crippen LogP contribution in [-0.2, 0) is 11.3 Å². The Morgan fingerprint density at radius 1 is 1.07 bits per heavy atom. The fourth-order valence-corrected chi connectivity index (χ4v) is 5.06. The summed E-state index contributed by atoms with van der Waals surface area (Å²) >= 11 is 0. The summed E-state index contributed by atoms with van der Waals surface area (Å²) in [5, 5.41) is 3.84. The second kappa shape index (κ2) is 8.56. The van der Waals surface area contributed by atoms with Crippen LogP contribution in [0.3, 0.4) is 0 Å². The zero-order valence-electron chi connectivity index (χ0n) is 17.2. The van der Waals surface area contributed by atoms with E-state index in [0.717, 1.165) is 32.1 Å². The summed E-state index contributed by atoms with van der Waals surface area (Å²) in [6.07, 6.45) is 8.18. The summed E-state index contributed by atoms with van der Waals surface area (Å²) in [6, 6.07) is 7.44. The summed E-state index contributed by atoms with van der Waals surface area (Å²) in [6.45, 7) is 2.66. The Morgan fingerprint density at radius 2 is 1.79 bits per heavy atom. The molecule has 0 unspecified atom stereocenters. The summed E-state index contributed by atoms with van der Waals surface area (Å²) in [4.78, 5) is 40.6. The minimum Gasteiger partial charge on any atom is -0.353 e. The molecule has 1 aromatic heterocycles. The molecule has 2 aliphatic carbocycles. The van der Waals surface area contributed by atoms with Crippen LogP contribution in [0.5, 0.6) is 0 Å². The van der Waals surface area contributed by atoms with Gasteiger partial charge in [-0.3, -0.25) is 14.2 Å². The van der Waals surface area contributed by atoms with Gasteiger partial charge in [-0.2, -0.15) is 0 Å². The molecule has 0 aliphatic heterocycles. The lowest BCUT2D eigenvalue weighted by molar-refractivity contribution is -0.127. The first-order chi connectivity index (χ1) is 14.0. The van der Waals surface area contributed by atoms with Gasteiger partial charge in [0.25, 0.3) is 5.56 Å². The smallest absolute Gasteiger partial charge is 0.328 e. The number of H-pyrrole nitrogens is 1. The zero-order chi connectivity index (χ0) is 20.4. The minimum absolute atomic E-state index is 0.0620. The largest absolute Gasteiger partial charge is 0.353 e. The molecule has 1 amide bonds. The number of fused-ring (bicyclic) bond motifs is 1. The number of hydrogen-bond donors (Lipinski definition) is 2. The van der Waals surface area contributed by atoms with Gasteiger partial charge < -0.3 is 10.3 Å². The van der Waals surface area contributed by atoms with Crippen LogP contribution < -0.4 is 16.6 Å². The van der Waals surface area contributed by atoms with E-state index < -0.39 is 0 Å². The number of para-hydroxylation sites is 1. The number of rotatable bonds is 4. The first-order valence-electron chi connectivity index (χ1n) is 11.0. The Balaban J connectivity index is 1.37. The maximum Gasteiger partial charge on any atom is 0.328 e. The van der Waals surface area contributed by atoms with Crippen LogP contribution in [0.25, 0.3) is 10.9 Å². The third-order valence-corrected chi connectivity index (χ3v) is 6.99. The summed E-state index contributed by atoms with van der Waals surface area (Å²) < 4.78 is 1.33. The number of hydrogen-bond acceptors (Lipinski definition) is 3. The summed E-state index contributed by atoms with van der Waals surface area (Å²) in [5.41, 5.74) is 0.00595. The molecule has 2 saturated carbocycles. The lowest BCUT2D eigenvalue weighted by Gasteiger charge is -2.33. The molecule has 2 aromatic rings. The lowest BCUT2D eigenvalue weighted by Crippen LogP contribution is -2.44. The minimum atomic E-state index is -0.347. The van der Waals surface area contributed by atoms with E-state index in [2.05, 4.69) is 17.2 Å². The number of amides is 1. The SMILES string of the molecule is C[C@H]1CCCC[C@H]1NC(=O)C1CCC(Cn2c(=O)[nH]c3ccccc3c2=O)CC1. The molecule has 6 heteroatoms. The highest BCUT2D eigenvalue weighted by atomic mass is 16.2. The van der Waals surface area contributed by atoms with Gasteiger partial charge in [0, 0.05) is 18.5 Å². The van der Waals surface area contributed by atoms with E-state index in [-0.39, 0.29) is 29.0 Å². The van der Waals surface area contributed by atoms with Gasteiger partial charge in [-0.25, -0.2) is 4.79 Å². The monoisotopic (exact) mass is 397 g/mol. The van der Waals surface area contributed by atoms with Crippen LogP contribution in [0.4, 0.5) is 0 Å². The number of carbonyl (C=O) groups is 1. The molecule has 1 heterocycles. The number of aromatic amines is 1. The number of aromatic nitrogens is 2. The molecule has 4 rings (SSSR count). The molecule has 6 nitrogen and oxygen atoms in total. The zero-order valence-corrected chi connectivity index (χ0v) is 17.2. The Labute approximate surface area is 170 Å². The summed E-state index contributed by atoms with van der Waals surface area (Å²) in [7, 11) is 0. The predicted molar refractivity (Wildman–Crippen MR) is 114 cm³/mol. The molecule has 156 valence electrons. The second-order valence-corrected chi connectivity index (χ2v) is 8.99. The van der Waals surface area contributed by atoms with Crippen molar-refractivity contribution >= 4 is 16.8 Å². The first-order valence-corrected chi connectivity index (χ1v) is 11.0. The van der Waals surface area contributed by atoms with Crippen LogP contribution in [0, 0.1) is 17.8 Å². The van der Waals surface area contributed by atoms with Crippen molar-refractivity contribution in [2.45, 2.75) is 70.9 Å². The molecule has 0 bridgehead atoms. The molecule has 0 saturated heterocycles. The molecule has 29 heavy (non-hydrogen) atoms. The van der Waals surface area contributed by atoms with Gasteiger partial charge in [0.1, 0.15) is 0 Å². The van der Waals surface area contributed by atoms with E-state index in [1.54, 1.807) is 12.1 Å². The molecule has 2 aliphatic rings. The van der Waals surface area contributed by atoms with Crippen molar-refractivity contribution in [3.05, 3.63) is 45.1 Å². The summed E-state index contributed by atoms with van der Waals surface area (Å²) in [5.74, 6) is 1.08. The molecule has 0 radical (unpaired) electrons. The van der Waals surface area contributed by atoms with Crippen LogP contribution in [0.1, 0.15) is 58.3 Å². The Kier molecular flexibility index (Phi) is 5.88. The normalized spacial score (nSPS) is 27.6. The molecular weight excluding hydrogens is 366 g/mol. The van der Waals surface area contributed by atoms with E-state index in [4.69, 9.17) is 0 Å². The molecular formula is C23H31N3O3. The first kappa shape index (κ1) is 19.9. The maximum atomic E-state index is 12.7. The van der Waals surface area contributed by atoms with Crippen molar-refractivity contribution < 1.29 is 4.79 Å². The average molecular weight is 398 g/mol. The van der Waals surface area contributed by atoms with Gasteiger partial charge in [-0.05, 0) is 62.5 Å². The maximum absolute atomic E-state index is 12.7. The van der Waals surface area contributed by atoms with Gasteiger partial charge in [-0.15, -0.1) is 0 Å². The third-order valence-electron chi connectivity index (χ3n) is 6.99. The highest BCUT2D eigenvalue weighted by Gasteiger charge is 2.30. The molecule has 2 fully saturated rings. The van der Waals surface area contributed by atoms with Gasteiger partial charge in [-0.1, -0.05) is 31.9 Å². The lowest BCUT2D eigenvalue weighted by atomic mass is 9.80. The van der Waals surface area contributed by atoms with Gasteiger partial charge >= 0.3 is 5.69 Å². The van der Waals surface area contributed by atoms with E-state index in [1.165, 1.54) is 23.8 Å². The Bertz CT molecular complexity index is 985. The van der Waals surface area contributed by atoms with Crippen molar-refractivity contribution in [2.75, 3.05) is 0 Å². The fourth-order valence-electron chi connectivity index (χ4n) is 5.06. The van der Waals surface area contributed by atoms with Gasteiger partial charge in [0.2, 0.25) is 5.91 Å². The van der Waals surface area contributed by atoms with Crippen LogP contribution in [-0.4, -0.2) is 21.5 Å². The van der Waals surface area contributed by atoms with Crippen LogP contribution in [0.15, 0.2) is 33.9 Å². The van der Waals surface area contributed by atoms with Gasteiger partial charge in [0.15, 0.2) is 0 Å². The van der Waals surface area contributed by atoms with E-state index in [1.807, 2.05) is 12.1 Å². The van der Waals surface area contributed by atoms with Gasteiger partial charge in [0.05, 0.1) is 10.9 Å². The molecule has 2 N–H and O–H groups in total. The van der Waals surface area contributed by atoms with E-state index in [0.29, 0.717) is 29.4 Å². The fraction of sp³-hybridized carbons (Fsp3) is 0.609. The third kappa shape index (κ3) is 4.31. The second-order valence-electron chi connectivity index (χ2n) is 8.99. The van der Waals surface area contributed by atoms with Crippen LogP contribution >= 0.6 is 0 Å². The average Bonchev–Trinajstić information content (AvgIpc) is 2.73. The highest BCUT2D eigenvalue weighted by molar-refractivity contribution is 5.79. The van der Waals surface area contributed by atoms with Crippen molar-refractivity contribution in [2.24, 2.45) is 17.8 Å². The van der Waals surface area contributed by atoms with Crippen molar-refractivity contribution in [3.63, 3.8) is 0 Å². The molecule has 0 spiro atoms. The van der Waals surface area contributed by atoms with E-state index in [9.17, 15) is 14.4 Å². The molecule has 2 atom stereocenters. The number of benzene rings is 1. The van der Waals surface area contributed by atoms with Crippen molar-refractivity contribution in [1.82, 2.24) is 14.9 Å². The standard InChI is InChI=1S/C23H31N3O3/c1-15-6-2-4-8-19(15)24-21(27)17-12-10-16(11-13-17)14-26-22(28)18-7-3-5-9-20(18)25-23(26)29/h3,5,7,9,15-17,19H,2,4,6,8,10-14H2,1H3,(H,24,27)(H,25,29)/t15-,16?,17?,19+/m0/s1. The van der Waals surface area contributed by atoms with Crippen LogP contribution in [0.2, 0.25) is 0 Å². The highest BCUT2D eigenvalue weighted by Crippen LogP contribution is 2.31. The Morgan fingerprint density at radius 3 is 2.55 bits per heavy atom. The van der Waals surface area contributed by atoms with Crippen molar-refractivity contribution in [1.29, 1.82) is 0 Å². The number of nitrogens with one attached hydrogen (secondary N) is 2. The number of nitrogens with zero attached hydrogens (tertiary/aromatic N) is 1. The van der Waals surface area contributed by atoms with Crippen molar-refractivity contribution in [3.8, 4) is 0 Å². The quantitative estimate of drug-likeness (QED) is 0.831.